The third-order valence-electron chi connectivity index (χ3n) is 5.05. The molecule has 2 nitrogen and oxygen atoms in total. The van der Waals surface area contributed by atoms with Gasteiger partial charge in [-0.3, -0.25) is 0 Å². The number of nitrogens with two attached hydrogens (primary N) is 1. The molecule has 0 atom stereocenters. The predicted molar refractivity (Wildman–Crippen MR) is 105 cm³/mol. The van der Waals surface area contributed by atoms with E-state index in [0.29, 0.717) is 6.54 Å². The first-order chi connectivity index (χ1) is 12.3. The van der Waals surface area contributed by atoms with Crippen LogP contribution in [-0.4, -0.2) is 24.5 Å². The fourth-order valence-electron chi connectivity index (χ4n) is 3.46. The lowest BCUT2D eigenvalue weighted by Crippen LogP contribution is -2.34. The Labute approximate surface area is 152 Å². The Morgan fingerprint density at radius 3 is 2.32 bits per heavy atom. The summed E-state index contributed by atoms with van der Waals surface area (Å²) in [7, 11) is 0. The number of benzene rings is 2. The summed E-state index contributed by atoms with van der Waals surface area (Å²) in [5.41, 5.74) is 9.33. The zero-order valence-electron chi connectivity index (χ0n) is 15.0. The van der Waals surface area contributed by atoms with Gasteiger partial charge >= 0.3 is 0 Å². The standard InChI is InChI=1S/C23H28N2/c24-19-23-11-9-20(10-12-23)6-4-5-15-25-16-13-22(14-17-25)18-21-7-2-1-3-8-21/h1-3,7-12,22H,5,13-19,24H2. The molecule has 2 aromatic rings. The molecule has 1 saturated heterocycles. The first-order valence-electron chi connectivity index (χ1n) is 9.37. The average Bonchev–Trinajstić information content (AvgIpc) is 2.68. The molecule has 1 fully saturated rings. The summed E-state index contributed by atoms with van der Waals surface area (Å²) >= 11 is 0. The lowest BCUT2D eigenvalue weighted by atomic mass is 9.90. The van der Waals surface area contributed by atoms with E-state index in [1.54, 1.807) is 0 Å². The SMILES string of the molecule is NCc1ccc(C#CCCN2CCC(Cc3ccccc3)CC2)cc1. The molecule has 0 aliphatic carbocycles. The van der Waals surface area contributed by atoms with Gasteiger partial charge in [0, 0.05) is 25.1 Å². The van der Waals surface area contributed by atoms with Crippen molar-refractivity contribution in [3.05, 3.63) is 71.3 Å². The van der Waals surface area contributed by atoms with Gasteiger partial charge < -0.3 is 10.6 Å². The van der Waals surface area contributed by atoms with E-state index < -0.39 is 0 Å². The fourth-order valence-corrected chi connectivity index (χ4v) is 3.46. The molecule has 1 heterocycles. The molecule has 0 saturated carbocycles. The highest BCUT2D eigenvalue weighted by atomic mass is 15.1. The summed E-state index contributed by atoms with van der Waals surface area (Å²) < 4.78 is 0. The third kappa shape index (κ3) is 5.74. The van der Waals surface area contributed by atoms with Gasteiger partial charge in [-0.15, -0.1) is 0 Å². The predicted octanol–water partition coefficient (Wildman–Crippen LogP) is 3.84. The van der Waals surface area contributed by atoms with Gasteiger partial charge in [0.1, 0.15) is 0 Å². The zero-order chi connectivity index (χ0) is 17.3. The van der Waals surface area contributed by atoms with Crippen molar-refractivity contribution in [2.75, 3.05) is 19.6 Å². The monoisotopic (exact) mass is 332 g/mol. The Morgan fingerprint density at radius 1 is 0.920 bits per heavy atom. The van der Waals surface area contributed by atoms with Crippen molar-refractivity contribution in [3.63, 3.8) is 0 Å². The summed E-state index contributed by atoms with van der Waals surface area (Å²) in [4.78, 5) is 2.56. The third-order valence-corrected chi connectivity index (χ3v) is 5.05. The van der Waals surface area contributed by atoms with Crippen molar-refractivity contribution in [2.24, 2.45) is 11.7 Å². The second-order valence-electron chi connectivity index (χ2n) is 6.93. The highest BCUT2D eigenvalue weighted by Gasteiger charge is 2.18. The Morgan fingerprint density at radius 2 is 1.64 bits per heavy atom. The molecule has 0 amide bonds. The highest BCUT2D eigenvalue weighted by molar-refractivity contribution is 5.36. The minimum Gasteiger partial charge on any atom is -0.326 e. The van der Waals surface area contributed by atoms with Crippen LogP contribution in [0.1, 0.15) is 36.0 Å². The summed E-state index contributed by atoms with van der Waals surface area (Å²) in [5, 5.41) is 0. The van der Waals surface area contributed by atoms with Crippen LogP contribution in [0.3, 0.4) is 0 Å². The van der Waals surface area contributed by atoms with E-state index in [1.165, 1.54) is 37.9 Å². The van der Waals surface area contributed by atoms with Crippen LogP contribution >= 0.6 is 0 Å². The zero-order valence-corrected chi connectivity index (χ0v) is 15.0. The van der Waals surface area contributed by atoms with Crippen LogP contribution in [0.25, 0.3) is 0 Å². The number of hydrogen-bond donors (Lipinski definition) is 1. The van der Waals surface area contributed by atoms with Crippen LogP contribution in [0, 0.1) is 17.8 Å². The highest BCUT2D eigenvalue weighted by Crippen LogP contribution is 2.21. The molecule has 0 aromatic heterocycles. The van der Waals surface area contributed by atoms with E-state index >= 15 is 0 Å². The molecule has 0 unspecified atom stereocenters. The maximum atomic E-state index is 5.62. The number of nitrogens with zero attached hydrogens (tertiary/aromatic N) is 1. The summed E-state index contributed by atoms with van der Waals surface area (Å²) in [6, 6.07) is 19.1. The summed E-state index contributed by atoms with van der Waals surface area (Å²) in [6.45, 7) is 4.11. The van der Waals surface area contributed by atoms with Crippen molar-refractivity contribution < 1.29 is 0 Å². The molecule has 0 spiro atoms. The molecule has 1 aliphatic heterocycles. The van der Waals surface area contributed by atoms with E-state index in [1.807, 2.05) is 0 Å². The van der Waals surface area contributed by atoms with E-state index in [9.17, 15) is 0 Å². The van der Waals surface area contributed by atoms with Gasteiger partial charge in [0.15, 0.2) is 0 Å². The molecule has 0 radical (unpaired) electrons. The Balaban J connectivity index is 1.37. The first kappa shape index (κ1) is 17.7. The summed E-state index contributed by atoms with van der Waals surface area (Å²) in [5.74, 6) is 7.41. The van der Waals surface area contributed by atoms with Gasteiger partial charge in [0.2, 0.25) is 0 Å². The molecule has 0 bridgehead atoms. The van der Waals surface area contributed by atoms with Crippen molar-refractivity contribution >= 4 is 0 Å². The fraction of sp³-hybridized carbons (Fsp3) is 0.391. The molecule has 25 heavy (non-hydrogen) atoms. The van der Waals surface area contributed by atoms with Gasteiger partial charge in [-0.25, -0.2) is 0 Å². The van der Waals surface area contributed by atoms with Gasteiger partial charge in [-0.05, 0) is 61.5 Å². The van der Waals surface area contributed by atoms with Gasteiger partial charge in [0.25, 0.3) is 0 Å². The van der Waals surface area contributed by atoms with Crippen LogP contribution < -0.4 is 5.73 Å². The van der Waals surface area contributed by atoms with Gasteiger partial charge in [-0.1, -0.05) is 54.3 Å². The smallest absolute Gasteiger partial charge is 0.0245 e. The molecular formula is C23H28N2. The minimum absolute atomic E-state index is 0.591. The van der Waals surface area contributed by atoms with Crippen LogP contribution in [0.2, 0.25) is 0 Å². The van der Waals surface area contributed by atoms with E-state index in [2.05, 4.69) is 71.3 Å². The maximum Gasteiger partial charge on any atom is 0.0245 e. The largest absolute Gasteiger partial charge is 0.326 e. The minimum atomic E-state index is 0.591. The van der Waals surface area contributed by atoms with Crippen LogP contribution in [-0.2, 0) is 13.0 Å². The lowest BCUT2D eigenvalue weighted by molar-refractivity contribution is 0.187. The van der Waals surface area contributed by atoms with Gasteiger partial charge in [0.05, 0.1) is 0 Å². The second-order valence-corrected chi connectivity index (χ2v) is 6.93. The molecule has 2 N–H and O–H groups in total. The quantitative estimate of drug-likeness (QED) is 0.843. The Kier molecular flexibility index (Phi) is 6.68. The molecule has 1 aliphatic rings. The van der Waals surface area contributed by atoms with Crippen LogP contribution in [0.5, 0.6) is 0 Å². The topological polar surface area (TPSA) is 29.3 Å². The second kappa shape index (κ2) is 9.42. The van der Waals surface area contributed by atoms with Gasteiger partial charge in [-0.2, -0.15) is 0 Å². The van der Waals surface area contributed by atoms with Crippen molar-refractivity contribution in [1.29, 1.82) is 0 Å². The molecule has 2 heteroatoms. The summed E-state index contributed by atoms with van der Waals surface area (Å²) in [6.07, 6.45) is 4.79. The Hall–Kier alpha value is -2.08. The number of rotatable bonds is 5. The normalized spacial score (nSPS) is 15.6. The van der Waals surface area contributed by atoms with E-state index in [4.69, 9.17) is 5.73 Å². The number of piperidine rings is 1. The molecule has 2 aromatic carbocycles. The van der Waals surface area contributed by atoms with Crippen molar-refractivity contribution in [3.8, 4) is 11.8 Å². The van der Waals surface area contributed by atoms with Crippen LogP contribution in [0.4, 0.5) is 0 Å². The molecule has 130 valence electrons. The lowest BCUT2D eigenvalue weighted by Gasteiger charge is -2.31. The van der Waals surface area contributed by atoms with Crippen molar-refractivity contribution in [2.45, 2.75) is 32.2 Å². The number of hydrogen-bond acceptors (Lipinski definition) is 2. The first-order valence-corrected chi connectivity index (χ1v) is 9.37. The Bertz CT molecular complexity index is 686. The molecular weight excluding hydrogens is 304 g/mol. The van der Waals surface area contributed by atoms with E-state index in [-0.39, 0.29) is 0 Å². The number of likely N-dealkylation sites (tertiary alicyclic amines) is 1. The van der Waals surface area contributed by atoms with Crippen molar-refractivity contribution in [1.82, 2.24) is 4.90 Å². The van der Waals surface area contributed by atoms with E-state index in [0.717, 1.165) is 30.0 Å². The molecule has 3 rings (SSSR count). The average molecular weight is 332 g/mol. The van der Waals surface area contributed by atoms with Crippen LogP contribution in [0.15, 0.2) is 54.6 Å². The maximum absolute atomic E-state index is 5.62.